The lowest BCUT2D eigenvalue weighted by Crippen LogP contribution is -2.25. The van der Waals surface area contributed by atoms with Gasteiger partial charge in [-0.3, -0.25) is 14.2 Å². The lowest BCUT2D eigenvalue weighted by Gasteiger charge is -2.05. The standard InChI is InChI=1S/C20H16FN3O5S/c1-2-28-18(26)11-23-14-8-7-12(21)9-16(14)30-19(23)22-17(25)10-24-13-5-3-4-6-15(13)29-20(24)27/h3-9H,2,10-11H2,1H3. The van der Waals surface area contributed by atoms with Gasteiger partial charge in [-0.25, -0.2) is 9.18 Å². The largest absolute Gasteiger partial charge is 0.465 e. The van der Waals surface area contributed by atoms with Crippen LogP contribution < -0.4 is 10.6 Å². The van der Waals surface area contributed by atoms with Crippen molar-refractivity contribution in [1.82, 2.24) is 9.13 Å². The van der Waals surface area contributed by atoms with Gasteiger partial charge < -0.3 is 13.7 Å². The van der Waals surface area contributed by atoms with E-state index in [-0.39, 0.29) is 24.5 Å². The average molecular weight is 429 g/mol. The minimum Gasteiger partial charge on any atom is -0.465 e. The number of thiazole rings is 1. The molecule has 1 amide bonds. The van der Waals surface area contributed by atoms with Gasteiger partial charge in [-0.05, 0) is 37.3 Å². The molecule has 0 unspecified atom stereocenters. The van der Waals surface area contributed by atoms with E-state index in [2.05, 4.69) is 4.99 Å². The molecule has 154 valence electrons. The highest BCUT2D eigenvalue weighted by Gasteiger charge is 2.15. The second-order valence-electron chi connectivity index (χ2n) is 6.32. The van der Waals surface area contributed by atoms with Crippen LogP contribution in [0, 0.1) is 5.82 Å². The molecule has 4 rings (SSSR count). The van der Waals surface area contributed by atoms with Gasteiger partial charge in [0, 0.05) is 0 Å². The first-order valence-electron chi connectivity index (χ1n) is 9.06. The monoisotopic (exact) mass is 429 g/mol. The van der Waals surface area contributed by atoms with Crippen LogP contribution in [0.5, 0.6) is 0 Å². The van der Waals surface area contributed by atoms with Crippen LogP contribution in [-0.2, 0) is 27.4 Å². The molecule has 0 N–H and O–H groups in total. The average Bonchev–Trinajstić information content (AvgIpc) is 3.19. The molecule has 0 fully saturated rings. The molecule has 0 aliphatic heterocycles. The maximum absolute atomic E-state index is 13.6. The minimum absolute atomic E-state index is 0.180. The summed E-state index contributed by atoms with van der Waals surface area (Å²) in [5, 5.41) is 0. The predicted molar refractivity (Wildman–Crippen MR) is 107 cm³/mol. The quantitative estimate of drug-likeness (QED) is 0.454. The second kappa shape index (κ2) is 8.07. The van der Waals surface area contributed by atoms with Gasteiger partial charge in [0.05, 0.1) is 22.3 Å². The number of oxazole rings is 1. The normalized spacial score (nSPS) is 12.0. The van der Waals surface area contributed by atoms with E-state index < -0.39 is 23.4 Å². The molecule has 0 radical (unpaired) electrons. The summed E-state index contributed by atoms with van der Waals surface area (Å²) >= 11 is 1.06. The Morgan fingerprint density at radius 1 is 1.13 bits per heavy atom. The van der Waals surface area contributed by atoms with Crippen molar-refractivity contribution >= 4 is 44.5 Å². The SMILES string of the molecule is CCOC(=O)Cn1c(=NC(=O)Cn2c(=O)oc3ccccc32)sc2cc(F)ccc21. The topological polar surface area (TPSA) is 95.8 Å². The number of nitrogens with zero attached hydrogens (tertiary/aromatic N) is 3. The smallest absolute Gasteiger partial charge is 0.420 e. The van der Waals surface area contributed by atoms with Crippen molar-refractivity contribution < 1.29 is 23.1 Å². The predicted octanol–water partition coefficient (Wildman–Crippen LogP) is 2.44. The summed E-state index contributed by atoms with van der Waals surface area (Å²) < 4.78 is 26.9. The number of carbonyl (C=O) groups is 2. The maximum atomic E-state index is 13.6. The summed E-state index contributed by atoms with van der Waals surface area (Å²) in [6.07, 6.45) is 0. The Morgan fingerprint density at radius 2 is 1.93 bits per heavy atom. The molecule has 2 heterocycles. The third-order valence-electron chi connectivity index (χ3n) is 4.32. The molecule has 2 aromatic heterocycles. The van der Waals surface area contributed by atoms with E-state index in [1.165, 1.54) is 27.3 Å². The molecule has 4 aromatic rings. The molecule has 0 aliphatic rings. The molecule has 0 atom stereocenters. The molecule has 10 heteroatoms. The zero-order valence-corrected chi connectivity index (χ0v) is 16.6. The van der Waals surface area contributed by atoms with Gasteiger partial charge in [0.1, 0.15) is 18.9 Å². The van der Waals surface area contributed by atoms with Gasteiger partial charge in [0.25, 0.3) is 5.91 Å². The summed E-state index contributed by atoms with van der Waals surface area (Å²) in [5.74, 6) is -2.24. The van der Waals surface area contributed by atoms with Crippen molar-refractivity contribution in [3.63, 3.8) is 0 Å². The Hall–Kier alpha value is -3.53. The molecular formula is C20H16FN3O5S. The van der Waals surface area contributed by atoms with Gasteiger partial charge >= 0.3 is 11.7 Å². The number of ether oxygens (including phenoxy) is 1. The zero-order valence-electron chi connectivity index (χ0n) is 15.8. The maximum Gasteiger partial charge on any atom is 0.420 e. The highest BCUT2D eigenvalue weighted by molar-refractivity contribution is 7.16. The molecule has 8 nitrogen and oxygen atoms in total. The number of benzene rings is 2. The van der Waals surface area contributed by atoms with Crippen molar-refractivity contribution in [2.45, 2.75) is 20.0 Å². The number of hydrogen-bond donors (Lipinski definition) is 0. The first-order chi connectivity index (χ1) is 14.5. The van der Waals surface area contributed by atoms with Crippen LogP contribution in [0.25, 0.3) is 21.3 Å². The number of amides is 1. The Labute approximate surface area is 172 Å². The molecule has 30 heavy (non-hydrogen) atoms. The van der Waals surface area contributed by atoms with Gasteiger partial charge in [-0.1, -0.05) is 23.5 Å². The number of carbonyl (C=O) groups excluding carboxylic acids is 2. The zero-order chi connectivity index (χ0) is 21.3. The van der Waals surface area contributed by atoms with Gasteiger partial charge in [0.15, 0.2) is 10.4 Å². The first-order valence-corrected chi connectivity index (χ1v) is 9.88. The number of hydrogen-bond acceptors (Lipinski definition) is 6. The number of fused-ring (bicyclic) bond motifs is 2. The number of esters is 1. The van der Waals surface area contributed by atoms with Gasteiger partial charge in [-0.2, -0.15) is 4.99 Å². The summed E-state index contributed by atoms with van der Waals surface area (Å²) in [5.41, 5.74) is 1.39. The summed E-state index contributed by atoms with van der Waals surface area (Å²) in [4.78, 5) is 41.0. The van der Waals surface area contributed by atoms with E-state index in [1.54, 1.807) is 31.2 Å². The van der Waals surface area contributed by atoms with E-state index in [0.717, 1.165) is 11.3 Å². The number of rotatable bonds is 5. The minimum atomic E-state index is -0.669. The Bertz CT molecular complexity index is 1390. The van der Waals surface area contributed by atoms with Crippen molar-refractivity contribution in [1.29, 1.82) is 0 Å². The summed E-state index contributed by atoms with van der Waals surface area (Å²) in [6.45, 7) is 1.38. The molecular weight excluding hydrogens is 413 g/mol. The number of halogens is 1. The van der Waals surface area contributed by atoms with Crippen LogP contribution >= 0.6 is 11.3 Å². The molecule has 0 bridgehead atoms. The van der Waals surface area contributed by atoms with Crippen molar-refractivity contribution in [3.05, 3.63) is 63.6 Å². The molecule has 2 aromatic carbocycles. The van der Waals surface area contributed by atoms with Crippen molar-refractivity contribution in [2.75, 3.05) is 6.61 Å². The van der Waals surface area contributed by atoms with Gasteiger partial charge in [0.2, 0.25) is 0 Å². The highest BCUT2D eigenvalue weighted by atomic mass is 32.1. The van der Waals surface area contributed by atoms with E-state index in [1.807, 2.05) is 0 Å². The Morgan fingerprint density at radius 3 is 2.73 bits per heavy atom. The van der Waals surface area contributed by atoms with E-state index >= 15 is 0 Å². The molecule has 0 aliphatic carbocycles. The van der Waals surface area contributed by atoms with E-state index in [0.29, 0.717) is 21.3 Å². The van der Waals surface area contributed by atoms with Crippen LogP contribution in [0.3, 0.4) is 0 Å². The number of aromatic nitrogens is 2. The fraction of sp³-hybridized carbons (Fsp3) is 0.200. The van der Waals surface area contributed by atoms with Gasteiger partial charge in [-0.15, -0.1) is 0 Å². The summed E-state index contributed by atoms with van der Waals surface area (Å²) in [7, 11) is 0. The van der Waals surface area contributed by atoms with Crippen molar-refractivity contribution in [3.8, 4) is 0 Å². The van der Waals surface area contributed by atoms with Crippen LogP contribution in [-0.4, -0.2) is 27.6 Å². The lowest BCUT2D eigenvalue weighted by molar-refractivity contribution is -0.143. The third kappa shape index (κ3) is 3.81. The van der Waals surface area contributed by atoms with Crippen LogP contribution in [0.15, 0.2) is 56.7 Å². The Balaban J connectivity index is 1.75. The Kier molecular flexibility index (Phi) is 5.32. The number of para-hydroxylation sites is 2. The van der Waals surface area contributed by atoms with Crippen LogP contribution in [0.1, 0.15) is 6.92 Å². The second-order valence-corrected chi connectivity index (χ2v) is 7.32. The summed E-state index contributed by atoms with van der Waals surface area (Å²) in [6, 6.07) is 10.8. The third-order valence-corrected chi connectivity index (χ3v) is 5.37. The fourth-order valence-electron chi connectivity index (χ4n) is 3.06. The van der Waals surface area contributed by atoms with Crippen LogP contribution in [0.4, 0.5) is 4.39 Å². The highest BCUT2D eigenvalue weighted by Crippen LogP contribution is 2.19. The molecule has 0 saturated heterocycles. The van der Waals surface area contributed by atoms with E-state index in [4.69, 9.17) is 9.15 Å². The fourth-order valence-corrected chi connectivity index (χ4v) is 4.13. The first kappa shape index (κ1) is 19.8. The van der Waals surface area contributed by atoms with E-state index in [9.17, 15) is 18.8 Å². The molecule has 0 spiro atoms. The lowest BCUT2D eigenvalue weighted by atomic mass is 10.3. The molecule has 0 saturated carbocycles. The van der Waals surface area contributed by atoms with Crippen LogP contribution in [0.2, 0.25) is 0 Å². The van der Waals surface area contributed by atoms with Crippen molar-refractivity contribution in [2.24, 2.45) is 4.99 Å².